The summed E-state index contributed by atoms with van der Waals surface area (Å²) in [6.45, 7) is 6.95. The average molecular weight is 270 g/mol. The zero-order chi connectivity index (χ0) is 14.2. The van der Waals surface area contributed by atoms with Crippen LogP contribution in [0.4, 0.5) is 5.69 Å². The van der Waals surface area contributed by atoms with E-state index < -0.39 is 0 Å². The maximum atomic E-state index is 12.6. The van der Waals surface area contributed by atoms with Gasteiger partial charge in [-0.3, -0.25) is 4.79 Å². The number of benzene rings is 1. The first kappa shape index (κ1) is 12.2. The van der Waals surface area contributed by atoms with E-state index in [-0.39, 0.29) is 22.4 Å². The largest absolute Gasteiger partial charge is 0.361 e. The zero-order valence-electron chi connectivity index (χ0n) is 12.4. The number of amides is 1. The maximum absolute atomic E-state index is 12.6. The van der Waals surface area contributed by atoms with Crippen LogP contribution in [0.3, 0.4) is 0 Å². The fourth-order valence-corrected chi connectivity index (χ4v) is 5.17. The lowest BCUT2D eigenvalue weighted by Gasteiger charge is -2.57. The molecule has 0 saturated heterocycles. The lowest BCUT2D eigenvalue weighted by Crippen LogP contribution is -2.71. The molecule has 20 heavy (non-hydrogen) atoms. The van der Waals surface area contributed by atoms with Crippen molar-refractivity contribution in [1.29, 1.82) is 0 Å². The highest BCUT2D eigenvalue weighted by Gasteiger charge is 2.70. The lowest BCUT2D eigenvalue weighted by molar-refractivity contribution is 0.0228. The van der Waals surface area contributed by atoms with Crippen molar-refractivity contribution in [2.45, 2.75) is 45.7 Å². The molecule has 0 unspecified atom stereocenters. The molecule has 2 fully saturated rings. The molecule has 1 aromatic carbocycles. The van der Waals surface area contributed by atoms with Gasteiger partial charge in [-0.05, 0) is 37.3 Å². The van der Waals surface area contributed by atoms with Gasteiger partial charge in [0, 0.05) is 16.5 Å². The first-order chi connectivity index (χ1) is 9.40. The fourth-order valence-electron chi connectivity index (χ4n) is 5.17. The smallest absolute Gasteiger partial charge is 0.255 e. The Morgan fingerprint density at radius 2 is 1.90 bits per heavy atom. The molecule has 3 atom stereocenters. The van der Waals surface area contributed by atoms with Gasteiger partial charge in [0.1, 0.15) is 5.66 Å². The van der Waals surface area contributed by atoms with Crippen molar-refractivity contribution in [2.75, 3.05) is 5.32 Å². The van der Waals surface area contributed by atoms with E-state index in [0.717, 1.165) is 11.3 Å². The number of fused-ring (bicyclic) bond motifs is 4. The van der Waals surface area contributed by atoms with Crippen LogP contribution in [0.1, 0.15) is 50.4 Å². The topological polar surface area (TPSA) is 41.1 Å². The molecule has 1 aliphatic heterocycles. The summed E-state index contributed by atoms with van der Waals surface area (Å²) in [5.41, 5.74) is 1.65. The highest BCUT2D eigenvalue weighted by molar-refractivity contribution is 6.02. The Morgan fingerprint density at radius 3 is 2.60 bits per heavy atom. The van der Waals surface area contributed by atoms with E-state index in [4.69, 9.17) is 0 Å². The fraction of sp³-hybridized carbons (Fsp3) is 0.588. The predicted molar refractivity (Wildman–Crippen MR) is 79.5 cm³/mol. The van der Waals surface area contributed by atoms with Gasteiger partial charge < -0.3 is 10.6 Å². The van der Waals surface area contributed by atoms with Crippen LogP contribution >= 0.6 is 0 Å². The molecule has 2 N–H and O–H groups in total. The summed E-state index contributed by atoms with van der Waals surface area (Å²) in [6, 6.07) is 7.85. The van der Waals surface area contributed by atoms with Crippen molar-refractivity contribution >= 4 is 11.6 Å². The van der Waals surface area contributed by atoms with Crippen LogP contribution in [0.15, 0.2) is 24.3 Å². The molecule has 2 aliphatic carbocycles. The Labute approximate surface area is 120 Å². The molecule has 2 bridgehead atoms. The summed E-state index contributed by atoms with van der Waals surface area (Å²) in [4.78, 5) is 12.6. The molecule has 3 heteroatoms. The summed E-state index contributed by atoms with van der Waals surface area (Å²) < 4.78 is 0. The monoisotopic (exact) mass is 270 g/mol. The Morgan fingerprint density at radius 1 is 1.15 bits per heavy atom. The van der Waals surface area contributed by atoms with Gasteiger partial charge in [0.15, 0.2) is 0 Å². The second-order valence-corrected chi connectivity index (χ2v) is 7.60. The quantitative estimate of drug-likeness (QED) is 0.758. The van der Waals surface area contributed by atoms with Crippen molar-refractivity contribution in [3.8, 4) is 0 Å². The first-order valence-electron chi connectivity index (χ1n) is 7.59. The number of hydrogen-bond acceptors (Lipinski definition) is 2. The van der Waals surface area contributed by atoms with Gasteiger partial charge in [-0.1, -0.05) is 32.9 Å². The molecule has 1 spiro atoms. The van der Waals surface area contributed by atoms with Gasteiger partial charge in [-0.15, -0.1) is 0 Å². The van der Waals surface area contributed by atoms with Crippen LogP contribution in [0.25, 0.3) is 0 Å². The van der Waals surface area contributed by atoms with Gasteiger partial charge in [0.2, 0.25) is 0 Å². The normalized spacial score (nSPS) is 40.4. The second kappa shape index (κ2) is 3.38. The first-order valence-corrected chi connectivity index (χ1v) is 7.59. The van der Waals surface area contributed by atoms with Crippen molar-refractivity contribution in [3.63, 3.8) is 0 Å². The highest BCUT2D eigenvalue weighted by atomic mass is 16.2. The van der Waals surface area contributed by atoms with E-state index in [0.29, 0.717) is 5.92 Å². The van der Waals surface area contributed by atoms with Crippen LogP contribution in [-0.2, 0) is 0 Å². The van der Waals surface area contributed by atoms with Crippen molar-refractivity contribution in [3.05, 3.63) is 29.8 Å². The summed E-state index contributed by atoms with van der Waals surface area (Å²) in [5, 5.41) is 7.09. The number of carbonyl (C=O) groups is 1. The number of carbonyl (C=O) groups excluding carboxylic acids is 1. The molecule has 1 aromatic rings. The Hall–Kier alpha value is -1.51. The molecule has 3 nitrogen and oxygen atoms in total. The van der Waals surface area contributed by atoms with Crippen molar-refractivity contribution in [1.82, 2.24) is 5.32 Å². The molecule has 1 amide bonds. The van der Waals surface area contributed by atoms with Crippen molar-refractivity contribution < 1.29 is 4.79 Å². The Bertz CT molecular complexity index is 602. The minimum atomic E-state index is -0.311. The number of rotatable bonds is 0. The number of hydrogen-bond donors (Lipinski definition) is 2. The zero-order valence-corrected chi connectivity index (χ0v) is 12.4. The highest BCUT2D eigenvalue weighted by Crippen LogP contribution is 2.68. The van der Waals surface area contributed by atoms with E-state index in [1.165, 1.54) is 19.3 Å². The van der Waals surface area contributed by atoms with Crippen LogP contribution < -0.4 is 10.6 Å². The minimum Gasteiger partial charge on any atom is -0.361 e. The van der Waals surface area contributed by atoms with E-state index in [1.54, 1.807) is 0 Å². The van der Waals surface area contributed by atoms with Crippen LogP contribution in [-0.4, -0.2) is 11.6 Å². The molecular formula is C17H22N2O. The Balaban J connectivity index is 1.89. The number of anilines is 1. The third kappa shape index (κ3) is 1.16. The lowest BCUT2D eigenvalue weighted by atomic mass is 9.62. The third-order valence-electron chi connectivity index (χ3n) is 6.43. The van der Waals surface area contributed by atoms with E-state index in [1.807, 2.05) is 24.3 Å². The predicted octanol–water partition coefficient (Wildman–Crippen LogP) is 3.38. The third-order valence-corrected chi connectivity index (χ3v) is 6.43. The number of para-hydroxylation sites is 1. The molecule has 3 aliphatic rings. The molecule has 0 radical (unpaired) electrons. The second-order valence-electron chi connectivity index (χ2n) is 7.60. The van der Waals surface area contributed by atoms with Crippen LogP contribution in [0.2, 0.25) is 0 Å². The minimum absolute atomic E-state index is 0.0706. The van der Waals surface area contributed by atoms with E-state index in [9.17, 15) is 4.79 Å². The molecule has 2 saturated carbocycles. The Kier molecular flexibility index (Phi) is 2.07. The van der Waals surface area contributed by atoms with E-state index >= 15 is 0 Å². The summed E-state index contributed by atoms with van der Waals surface area (Å²) in [7, 11) is 0. The van der Waals surface area contributed by atoms with E-state index in [2.05, 4.69) is 31.4 Å². The van der Waals surface area contributed by atoms with Gasteiger partial charge in [0.25, 0.3) is 5.91 Å². The summed E-state index contributed by atoms with van der Waals surface area (Å²) >= 11 is 0. The van der Waals surface area contributed by atoms with Crippen LogP contribution in [0.5, 0.6) is 0 Å². The molecule has 0 aromatic heterocycles. The summed E-state index contributed by atoms with van der Waals surface area (Å²) in [6.07, 6.45) is 3.68. The molecule has 1 heterocycles. The van der Waals surface area contributed by atoms with Crippen molar-refractivity contribution in [2.24, 2.45) is 16.7 Å². The molecule has 106 valence electrons. The van der Waals surface area contributed by atoms with Gasteiger partial charge >= 0.3 is 0 Å². The van der Waals surface area contributed by atoms with Gasteiger partial charge in [0.05, 0.1) is 5.56 Å². The van der Waals surface area contributed by atoms with Crippen LogP contribution in [0, 0.1) is 16.7 Å². The summed E-state index contributed by atoms with van der Waals surface area (Å²) in [5.74, 6) is 0.756. The molecule has 4 rings (SSSR count). The molecular weight excluding hydrogens is 248 g/mol. The SMILES string of the molecule is CC1(C)[C@H]2CC[C@](C)(C2)[C@]12NC(=O)c1ccccc1N2. The van der Waals surface area contributed by atoms with Gasteiger partial charge in [-0.2, -0.15) is 0 Å². The standard InChI is InChI=1S/C17H22N2O/c1-15(2)11-8-9-16(3,10-11)17(15)18-13-7-5-4-6-12(13)14(20)19-17/h4-7,11,18H,8-10H2,1-3H3,(H,19,20)/t11-,16+,17+/m0/s1. The average Bonchev–Trinajstić information content (AvgIpc) is 2.87. The van der Waals surface area contributed by atoms with Gasteiger partial charge in [-0.25, -0.2) is 0 Å². The number of nitrogens with one attached hydrogen (secondary N) is 2. The maximum Gasteiger partial charge on any atom is 0.255 e.